The lowest BCUT2D eigenvalue weighted by Gasteiger charge is -2.25. The van der Waals surface area contributed by atoms with Crippen LogP contribution in [-0.2, 0) is 15.1 Å². The van der Waals surface area contributed by atoms with Crippen molar-refractivity contribution in [3.05, 3.63) is 70.3 Å². The molecule has 3 rings (SSSR count). The average molecular weight is 383 g/mol. The van der Waals surface area contributed by atoms with Gasteiger partial charge >= 0.3 is 12.0 Å². The molecule has 28 heavy (non-hydrogen) atoms. The van der Waals surface area contributed by atoms with Gasteiger partial charge in [-0.1, -0.05) is 37.3 Å². The Bertz CT molecular complexity index is 928. The molecule has 1 saturated heterocycles. The molecule has 1 N–H and O–H groups in total. The van der Waals surface area contributed by atoms with Gasteiger partial charge in [0.25, 0.3) is 11.6 Å². The number of non-ortho nitro benzene ring substituents is 1. The Hall–Kier alpha value is -3.75. The first-order valence-corrected chi connectivity index (χ1v) is 8.52. The number of urea groups is 1. The SMILES string of the molecule is CCC1(c2ccccc2)NC(=O)N(CC(=O)Oc2ccc([N+](=O)[O-])cc2)C1=O. The van der Waals surface area contributed by atoms with Crippen LogP contribution in [0.1, 0.15) is 18.9 Å². The van der Waals surface area contributed by atoms with Crippen molar-refractivity contribution < 1.29 is 24.0 Å². The minimum atomic E-state index is -1.23. The third-order valence-corrected chi connectivity index (χ3v) is 4.54. The van der Waals surface area contributed by atoms with Crippen molar-refractivity contribution in [3.63, 3.8) is 0 Å². The molecule has 0 radical (unpaired) electrons. The van der Waals surface area contributed by atoms with E-state index in [0.717, 1.165) is 4.90 Å². The van der Waals surface area contributed by atoms with Crippen molar-refractivity contribution in [2.24, 2.45) is 0 Å². The van der Waals surface area contributed by atoms with Crippen LogP contribution in [0.25, 0.3) is 0 Å². The van der Waals surface area contributed by atoms with Crippen LogP contribution in [0.5, 0.6) is 5.75 Å². The van der Waals surface area contributed by atoms with Crippen molar-refractivity contribution in [1.29, 1.82) is 0 Å². The maximum atomic E-state index is 12.9. The van der Waals surface area contributed by atoms with E-state index in [9.17, 15) is 24.5 Å². The molecule has 1 heterocycles. The fraction of sp³-hybridized carbons (Fsp3) is 0.211. The van der Waals surface area contributed by atoms with Crippen molar-refractivity contribution in [3.8, 4) is 5.75 Å². The number of benzene rings is 2. The number of nitrogens with one attached hydrogen (secondary N) is 1. The summed E-state index contributed by atoms with van der Waals surface area (Å²) in [4.78, 5) is 48.4. The van der Waals surface area contributed by atoms with Crippen LogP contribution >= 0.6 is 0 Å². The molecule has 2 aromatic rings. The van der Waals surface area contributed by atoms with Gasteiger partial charge < -0.3 is 10.1 Å². The third-order valence-electron chi connectivity index (χ3n) is 4.54. The van der Waals surface area contributed by atoms with E-state index in [1.54, 1.807) is 37.3 Å². The van der Waals surface area contributed by atoms with E-state index in [1.165, 1.54) is 24.3 Å². The van der Waals surface area contributed by atoms with Crippen molar-refractivity contribution in [2.75, 3.05) is 6.54 Å². The summed E-state index contributed by atoms with van der Waals surface area (Å²) in [5.74, 6) is -1.29. The second kappa shape index (κ2) is 7.47. The lowest BCUT2D eigenvalue weighted by molar-refractivity contribution is -0.384. The smallest absolute Gasteiger partial charge is 0.331 e. The first-order valence-electron chi connectivity index (χ1n) is 8.52. The quantitative estimate of drug-likeness (QED) is 0.269. The molecular weight excluding hydrogens is 366 g/mol. The maximum absolute atomic E-state index is 12.9. The van der Waals surface area contributed by atoms with E-state index in [1.807, 2.05) is 0 Å². The summed E-state index contributed by atoms with van der Waals surface area (Å²) in [6.45, 7) is 1.19. The maximum Gasteiger partial charge on any atom is 0.331 e. The number of rotatable bonds is 6. The van der Waals surface area contributed by atoms with Crippen LogP contribution in [0.2, 0.25) is 0 Å². The Morgan fingerprint density at radius 3 is 2.36 bits per heavy atom. The molecule has 1 aliphatic heterocycles. The van der Waals surface area contributed by atoms with Gasteiger partial charge in [0, 0.05) is 12.1 Å². The first-order chi connectivity index (χ1) is 13.4. The molecule has 1 unspecified atom stereocenters. The van der Waals surface area contributed by atoms with Gasteiger partial charge in [0.2, 0.25) is 0 Å². The van der Waals surface area contributed by atoms with E-state index in [2.05, 4.69) is 5.32 Å². The first kappa shape index (κ1) is 19.0. The highest BCUT2D eigenvalue weighted by Gasteiger charge is 2.51. The molecule has 144 valence electrons. The summed E-state index contributed by atoms with van der Waals surface area (Å²) in [5.41, 5.74) is -0.752. The molecule has 1 fully saturated rings. The van der Waals surface area contributed by atoms with Gasteiger partial charge in [-0.2, -0.15) is 0 Å². The summed E-state index contributed by atoms with van der Waals surface area (Å²) < 4.78 is 5.08. The lowest BCUT2D eigenvalue weighted by atomic mass is 9.87. The molecule has 0 bridgehead atoms. The van der Waals surface area contributed by atoms with E-state index >= 15 is 0 Å². The molecule has 3 amide bonds. The number of amides is 3. The van der Waals surface area contributed by atoms with Gasteiger partial charge in [0.1, 0.15) is 17.8 Å². The molecule has 2 aromatic carbocycles. The van der Waals surface area contributed by atoms with Gasteiger partial charge in [0.15, 0.2) is 0 Å². The highest BCUT2D eigenvalue weighted by molar-refractivity contribution is 6.09. The van der Waals surface area contributed by atoms with Crippen LogP contribution in [-0.4, -0.2) is 34.3 Å². The lowest BCUT2D eigenvalue weighted by Crippen LogP contribution is -2.44. The fourth-order valence-electron chi connectivity index (χ4n) is 3.06. The molecule has 0 aromatic heterocycles. The summed E-state index contributed by atoms with van der Waals surface area (Å²) in [5, 5.41) is 13.3. The predicted molar refractivity (Wildman–Crippen MR) is 97.4 cm³/mol. The van der Waals surface area contributed by atoms with Crippen LogP contribution in [0, 0.1) is 10.1 Å². The van der Waals surface area contributed by atoms with Gasteiger partial charge in [-0.25, -0.2) is 9.59 Å². The predicted octanol–water partition coefficient (Wildman–Crippen LogP) is 2.36. The number of hydrogen-bond acceptors (Lipinski definition) is 6. The second-order valence-electron chi connectivity index (χ2n) is 6.17. The Morgan fingerprint density at radius 1 is 1.14 bits per heavy atom. The Balaban J connectivity index is 1.73. The van der Waals surface area contributed by atoms with Crippen LogP contribution < -0.4 is 10.1 Å². The van der Waals surface area contributed by atoms with Gasteiger partial charge in [-0.3, -0.25) is 19.8 Å². The van der Waals surface area contributed by atoms with Gasteiger partial charge in [-0.15, -0.1) is 0 Å². The topological polar surface area (TPSA) is 119 Å². The number of esters is 1. The van der Waals surface area contributed by atoms with Gasteiger partial charge in [0.05, 0.1) is 4.92 Å². The Labute approximate surface area is 160 Å². The number of hydrogen-bond donors (Lipinski definition) is 1. The number of imide groups is 1. The number of nitro groups is 1. The minimum Gasteiger partial charge on any atom is -0.425 e. The zero-order valence-corrected chi connectivity index (χ0v) is 15.0. The number of carbonyl (C=O) groups excluding carboxylic acids is 3. The standard InChI is InChI=1S/C19H17N3O6/c1-2-19(13-6-4-3-5-7-13)17(24)21(18(25)20-19)12-16(23)28-15-10-8-14(9-11-15)22(26)27/h3-11H,2,12H2,1H3,(H,20,25). The monoisotopic (exact) mass is 383 g/mol. The number of nitro benzene ring substituents is 1. The third kappa shape index (κ3) is 3.41. The average Bonchev–Trinajstić information content (AvgIpc) is 2.94. The highest BCUT2D eigenvalue weighted by Crippen LogP contribution is 2.32. The molecule has 9 heteroatoms. The van der Waals surface area contributed by atoms with Crippen LogP contribution in [0.4, 0.5) is 10.5 Å². The summed E-state index contributed by atoms with van der Waals surface area (Å²) >= 11 is 0. The number of nitrogens with zero attached hydrogens (tertiary/aromatic N) is 2. The molecule has 1 atom stereocenters. The fourth-order valence-corrected chi connectivity index (χ4v) is 3.06. The molecular formula is C19H17N3O6. The molecule has 0 aliphatic carbocycles. The zero-order valence-electron chi connectivity index (χ0n) is 15.0. The van der Waals surface area contributed by atoms with Crippen molar-refractivity contribution in [1.82, 2.24) is 10.2 Å². The minimum absolute atomic E-state index is 0.0764. The van der Waals surface area contributed by atoms with Crippen LogP contribution in [0.15, 0.2) is 54.6 Å². The van der Waals surface area contributed by atoms with Crippen LogP contribution in [0.3, 0.4) is 0 Å². The van der Waals surface area contributed by atoms with E-state index in [-0.39, 0.29) is 11.4 Å². The Morgan fingerprint density at radius 2 is 1.79 bits per heavy atom. The van der Waals surface area contributed by atoms with E-state index in [4.69, 9.17) is 4.74 Å². The summed E-state index contributed by atoms with van der Waals surface area (Å²) in [7, 11) is 0. The number of ether oxygens (including phenoxy) is 1. The number of carbonyl (C=O) groups is 3. The van der Waals surface area contributed by atoms with Crippen molar-refractivity contribution >= 4 is 23.6 Å². The summed E-state index contributed by atoms with van der Waals surface area (Å²) in [6.07, 6.45) is 0.315. The van der Waals surface area contributed by atoms with Gasteiger partial charge in [-0.05, 0) is 24.1 Å². The highest BCUT2D eigenvalue weighted by atomic mass is 16.6. The van der Waals surface area contributed by atoms with E-state index in [0.29, 0.717) is 12.0 Å². The molecule has 1 aliphatic rings. The molecule has 0 saturated carbocycles. The molecule has 9 nitrogen and oxygen atoms in total. The largest absolute Gasteiger partial charge is 0.425 e. The normalized spacial score (nSPS) is 18.7. The Kier molecular flexibility index (Phi) is 5.08. The van der Waals surface area contributed by atoms with E-state index < -0.39 is 34.9 Å². The van der Waals surface area contributed by atoms with Crippen molar-refractivity contribution in [2.45, 2.75) is 18.9 Å². The summed E-state index contributed by atoms with van der Waals surface area (Å²) in [6, 6.07) is 13.0. The zero-order chi connectivity index (χ0) is 20.3. The second-order valence-corrected chi connectivity index (χ2v) is 6.17. The molecule has 0 spiro atoms.